The smallest absolute Gasteiger partial charge is 0.270 e. The molecule has 3 nitrogen and oxygen atoms in total. The maximum atomic E-state index is 12.5. The molecular weight excluding hydrogens is 438 g/mol. The molecule has 0 radical (unpaired) electrons. The summed E-state index contributed by atoms with van der Waals surface area (Å²) in [5, 5.41) is 0. The lowest BCUT2D eigenvalue weighted by atomic mass is 10.3. The molecule has 1 saturated heterocycles. The fraction of sp³-hybridized carbons (Fsp3) is 0. The lowest BCUT2D eigenvalue weighted by Crippen LogP contribution is -2.27. The first-order valence-corrected chi connectivity index (χ1v) is 8.65. The number of furan rings is 1. The standard InChI is InChI=1S/C14H7Br2NO2S2/c15-10-6-9(19-12(10)16)7-11-13(18)17(14(20)21-11)8-4-2-1-3-5-8/h1-7H. The second-order valence-electron chi connectivity index (χ2n) is 4.12. The van der Waals surface area contributed by atoms with E-state index in [1.807, 2.05) is 30.3 Å². The second kappa shape index (κ2) is 6.08. The number of benzene rings is 1. The number of hydrogen-bond donors (Lipinski definition) is 0. The Morgan fingerprint density at radius 1 is 1.24 bits per heavy atom. The molecule has 0 saturated carbocycles. The number of para-hydroxylation sites is 1. The summed E-state index contributed by atoms with van der Waals surface area (Å²) in [6.45, 7) is 0. The van der Waals surface area contributed by atoms with Crippen molar-refractivity contribution in [1.29, 1.82) is 0 Å². The van der Waals surface area contributed by atoms with Crippen LogP contribution in [0.1, 0.15) is 5.76 Å². The van der Waals surface area contributed by atoms with Gasteiger partial charge in [0.25, 0.3) is 5.91 Å². The molecule has 1 aromatic heterocycles. The van der Waals surface area contributed by atoms with Gasteiger partial charge in [0.1, 0.15) is 5.76 Å². The minimum absolute atomic E-state index is 0.139. The average Bonchev–Trinajstić information content (AvgIpc) is 2.91. The highest BCUT2D eigenvalue weighted by molar-refractivity contribution is 9.13. The average molecular weight is 445 g/mol. The van der Waals surface area contributed by atoms with Crippen molar-refractivity contribution in [2.75, 3.05) is 4.90 Å². The molecule has 1 aliphatic rings. The number of amides is 1. The van der Waals surface area contributed by atoms with Gasteiger partial charge in [0.05, 0.1) is 15.1 Å². The molecule has 2 aromatic rings. The maximum Gasteiger partial charge on any atom is 0.270 e. The van der Waals surface area contributed by atoms with Gasteiger partial charge in [-0.1, -0.05) is 42.2 Å². The van der Waals surface area contributed by atoms with Crippen molar-refractivity contribution in [3.8, 4) is 0 Å². The van der Waals surface area contributed by atoms with E-state index in [1.165, 1.54) is 16.7 Å². The van der Waals surface area contributed by atoms with Gasteiger partial charge in [-0.15, -0.1) is 0 Å². The van der Waals surface area contributed by atoms with Crippen molar-refractivity contribution in [2.45, 2.75) is 0 Å². The second-order valence-corrected chi connectivity index (χ2v) is 7.37. The SMILES string of the molecule is O=C1C(=Cc2cc(Br)c(Br)o2)SC(=S)N1c1ccccc1. The van der Waals surface area contributed by atoms with Crippen LogP contribution in [0.15, 0.2) is 54.9 Å². The number of rotatable bonds is 2. The molecule has 0 spiro atoms. The van der Waals surface area contributed by atoms with Gasteiger partial charge < -0.3 is 4.42 Å². The summed E-state index contributed by atoms with van der Waals surface area (Å²) in [7, 11) is 0. The van der Waals surface area contributed by atoms with Gasteiger partial charge in [0.15, 0.2) is 8.99 Å². The predicted molar refractivity (Wildman–Crippen MR) is 96.2 cm³/mol. The van der Waals surface area contributed by atoms with Crippen LogP contribution in [-0.4, -0.2) is 10.2 Å². The van der Waals surface area contributed by atoms with Crippen LogP contribution in [0.2, 0.25) is 0 Å². The molecule has 1 aliphatic heterocycles. The van der Waals surface area contributed by atoms with Crippen molar-refractivity contribution in [1.82, 2.24) is 0 Å². The highest BCUT2D eigenvalue weighted by Crippen LogP contribution is 2.37. The predicted octanol–water partition coefficient (Wildman–Crippen LogP) is 5.21. The van der Waals surface area contributed by atoms with Gasteiger partial charge in [0, 0.05) is 6.08 Å². The van der Waals surface area contributed by atoms with Gasteiger partial charge in [0.2, 0.25) is 0 Å². The molecule has 106 valence electrons. The van der Waals surface area contributed by atoms with E-state index in [2.05, 4.69) is 31.9 Å². The maximum absolute atomic E-state index is 12.5. The van der Waals surface area contributed by atoms with Crippen molar-refractivity contribution in [2.24, 2.45) is 0 Å². The van der Waals surface area contributed by atoms with Gasteiger partial charge >= 0.3 is 0 Å². The minimum Gasteiger partial charge on any atom is -0.449 e. The Morgan fingerprint density at radius 2 is 1.95 bits per heavy atom. The molecule has 1 amide bonds. The number of carbonyl (C=O) groups is 1. The Balaban J connectivity index is 1.93. The van der Waals surface area contributed by atoms with Crippen LogP contribution < -0.4 is 4.90 Å². The summed E-state index contributed by atoms with van der Waals surface area (Å²) in [4.78, 5) is 14.6. The molecule has 0 unspecified atom stereocenters. The molecule has 0 N–H and O–H groups in total. The third-order valence-electron chi connectivity index (χ3n) is 2.75. The van der Waals surface area contributed by atoms with Crippen LogP contribution in [0.3, 0.4) is 0 Å². The number of thioether (sulfide) groups is 1. The lowest BCUT2D eigenvalue weighted by molar-refractivity contribution is -0.113. The Bertz CT molecular complexity index is 736. The highest BCUT2D eigenvalue weighted by atomic mass is 79.9. The molecule has 21 heavy (non-hydrogen) atoms. The summed E-state index contributed by atoms with van der Waals surface area (Å²) in [5.41, 5.74) is 0.769. The molecule has 1 aromatic carbocycles. The molecular formula is C14H7Br2NO2S2. The van der Waals surface area contributed by atoms with E-state index in [9.17, 15) is 4.79 Å². The summed E-state index contributed by atoms with van der Waals surface area (Å²) < 4.78 is 7.37. The topological polar surface area (TPSA) is 33.5 Å². The van der Waals surface area contributed by atoms with E-state index < -0.39 is 0 Å². The summed E-state index contributed by atoms with van der Waals surface area (Å²) in [6.07, 6.45) is 1.69. The first-order valence-electron chi connectivity index (χ1n) is 5.84. The Morgan fingerprint density at radius 3 is 2.57 bits per heavy atom. The number of thiocarbonyl (C=S) groups is 1. The largest absolute Gasteiger partial charge is 0.449 e. The first-order chi connectivity index (χ1) is 10.1. The van der Waals surface area contributed by atoms with E-state index in [4.69, 9.17) is 16.6 Å². The van der Waals surface area contributed by atoms with Crippen LogP contribution in [0, 0.1) is 0 Å². The number of carbonyl (C=O) groups excluding carboxylic acids is 1. The molecule has 0 bridgehead atoms. The van der Waals surface area contributed by atoms with Gasteiger partial charge in [-0.05, 0) is 50.1 Å². The van der Waals surface area contributed by atoms with E-state index in [1.54, 1.807) is 12.1 Å². The van der Waals surface area contributed by atoms with E-state index in [-0.39, 0.29) is 5.91 Å². The van der Waals surface area contributed by atoms with Crippen molar-refractivity contribution < 1.29 is 9.21 Å². The molecule has 7 heteroatoms. The van der Waals surface area contributed by atoms with Crippen LogP contribution in [-0.2, 0) is 4.79 Å². The zero-order chi connectivity index (χ0) is 15.0. The van der Waals surface area contributed by atoms with Crippen LogP contribution >= 0.6 is 55.8 Å². The Kier molecular flexibility index (Phi) is 4.35. The fourth-order valence-electron chi connectivity index (χ4n) is 1.83. The van der Waals surface area contributed by atoms with Crippen LogP contribution in [0.25, 0.3) is 6.08 Å². The normalized spacial score (nSPS) is 17.0. The summed E-state index contributed by atoms with van der Waals surface area (Å²) in [5.74, 6) is 0.446. The van der Waals surface area contributed by atoms with Gasteiger partial charge in [-0.3, -0.25) is 9.69 Å². The fourth-order valence-corrected chi connectivity index (χ4v) is 3.72. The molecule has 3 rings (SSSR count). The Labute approximate surface area is 147 Å². The number of nitrogens with zero attached hydrogens (tertiary/aromatic N) is 1. The lowest BCUT2D eigenvalue weighted by Gasteiger charge is -2.13. The Hall–Kier alpha value is -0.890. The van der Waals surface area contributed by atoms with Crippen molar-refractivity contribution in [3.05, 3.63) is 56.2 Å². The third-order valence-corrected chi connectivity index (χ3v) is 5.76. The van der Waals surface area contributed by atoms with E-state index in [0.717, 1.165) is 10.2 Å². The minimum atomic E-state index is -0.139. The van der Waals surface area contributed by atoms with E-state index >= 15 is 0 Å². The number of hydrogen-bond acceptors (Lipinski definition) is 4. The van der Waals surface area contributed by atoms with Gasteiger partial charge in [-0.25, -0.2) is 0 Å². The highest BCUT2D eigenvalue weighted by Gasteiger charge is 2.33. The van der Waals surface area contributed by atoms with Crippen LogP contribution in [0.5, 0.6) is 0 Å². The zero-order valence-corrected chi connectivity index (χ0v) is 15.2. The van der Waals surface area contributed by atoms with Gasteiger partial charge in [-0.2, -0.15) is 0 Å². The quantitative estimate of drug-likeness (QED) is 0.470. The summed E-state index contributed by atoms with van der Waals surface area (Å²) >= 11 is 13.2. The monoisotopic (exact) mass is 443 g/mol. The van der Waals surface area contributed by atoms with Crippen molar-refractivity contribution in [3.63, 3.8) is 0 Å². The zero-order valence-electron chi connectivity index (χ0n) is 10.4. The molecule has 2 heterocycles. The van der Waals surface area contributed by atoms with Crippen molar-refractivity contribution >= 4 is 77.8 Å². The number of halogens is 2. The van der Waals surface area contributed by atoms with Crippen LogP contribution in [0.4, 0.5) is 5.69 Å². The molecule has 1 fully saturated rings. The number of anilines is 1. The molecule has 0 atom stereocenters. The summed E-state index contributed by atoms with van der Waals surface area (Å²) in [6, 6.07) is 11.1. The molecule has 0 aliphatic carbocycles. The first kappa shape index (κ1) is 15.0. The third kappa shape index (κ3) is 3.01. The van der Waals surface area contributed by atoms with E-state index in [0.29, 0.717) is 19.7 Å².